The first-order valence-electron chi connectivity index (χ1n) is 10.5. The van der Waals surface area contributed by atoms with Crippen LogP contribution in [-0.4, -0.2) is 87.5 Å². The average molecular weight is 428 g/mol. The topological polar surface area (TPSA) is 80.3 Å². The summed E-state index contributed by atoms with van der Waals surface area (Å²) in [6.07, 6.45) is 0. The molecule has 0 saturated carbocycles. The van der Waals surface area contributed by atoms with Crippen LogP contribution >= 0.6 is 0 Å². The Morgan fingerprint density at radius 2 is 1.48 bits per heavy atom. The fourth-order valence-electron chi connectivity index (χ4n) is 3.94. The number of morpholine rings is 1. The Bertz CT molecular complexity index is 924. The van der Waals surface area contributed by atoms with Gasteiger partial charge in [-0.25, -0.2) is 9.97 Å². The number of rotatable bonds is 5. The number of hydrogen-bond donors (Lipinski definition) is 0. The molecule has 0 aliphatic carbocycles. The van der Waals surface area contributed by atoms with Crippen molar-refractivity contribution in [2.75, 3.05) is 76.5 Å². The van der Waals surface area contributed by atoms with Crippen LogP contribution in [0.25, 0.3) is 0 Å². The van der Waals surface area contributed by atoms with Gasteiger partial charge in [0.25, 0.3) is 5.91 Å². The molecule has 0 atom stereocenters. The highest BCUT2D eigenvalue weighted by Gasteiger charge is 2.25. The van der Waals surface area contributed by atoms with Crippen LogP contribution < -0.4 is 19.3 Å². The number of anilines is 2. The van der Waals surface area contributed by atoms with Crippen LogP contribution in [0, 0.1) is 6.92 Å². The minimum absolute atomic E-state index is 0.00604. The van der Waals surface area contributed by atoms with Gasteiger partial charge >= 0.3 is 0 Å². The summed E-state index contributed by atoms with van der Waals surface area (Å²) in [6, 6.07) is 7.32. The van der Waals surface area contributed by atoms with Gasteiger partial charge in [0.2, 0.25) is 0 Å². The number of nitrogens with zero attached hydrogens (tertiary/aromatic N) is 5. The highest BCUT2D eigenvalue weighted by molar-refractivity contribution is 5.95. The van der Waals surface area contributed by atoms with Gasteiger partial charge in [0.1, 0.15) is 17.5 Å². The van der Waals surface area contributed by atoms with Gasteiger partial charge in [-0.1, -0.05) is 0 Å². The number of carbonyl (C=O) groups is 1. The summed E-state index contributed by atoms with van der Waals surface area (Å²) >= 11 is 0. The molecule has 1 aromatic heterocycles. The van der Waals surface area contributed by atoms with Crippen LogP contribution in [0.15, 0.2) is 24.3 Å². The van der Waals surface area contributed by atoms with Crippen molar-refractivity contribution in [3.8, 4) is 11.5 Å². The Balaban J connectivity index is 1.43. The zero-order chi connectivity index (χ0) is 21.8. The Morgan fingerprint density at radius 1 is 0.871 bits per heavy atom. The summed E-state index contributed by atoms with van der Waals surface area (Å²) < 4.78 is 16.0. The normalized spacial score (nSPS) is 16.9. The summed E-state index contributed by atoms with van der Waals surface area (Å²) in [6.45, 7) is 7.73. The van der Waals surface area contributed by atoms with Gasteiger partial charge < -0.3 is 28.9 Å². The van der Waals surface area contributed by atoms with Crippen molar-refractivity contribution < 1.29 is 19.0 Å². The molecule has 31 heavy (non-hydrogen) atoms. The maximum absolute atomic E-state index is 13.0. The standard InChI is InChI=1S/C22H29N5O4/c1-16-23-20(15-21(24-16)26-10-12-31-13-11-26)25-6-8-27(9-7-25)22(28)17-4-5-18(29-2)19(14-17)30-3/h4-5,14-15H,6-13H2,1-3H3. The predicted octanol–water partition coefficient (Wildman–Crippen LogP) is 1.60. The lowest BCUT2D eigenvalue weighted by atomic mass is 10.1. The van der Waals surface area contributed by atoms with Crippen LogP contribution in [-0.2, 0) is 4.74 Å². The van der Waals surface area contributed by atoms with Gasteiger partial charge in [0.15, 0.2) is 11.5 Å². The zero-order valence-corrected chi connectivity index (χ0v) is 18.3. The van der Waals surface area contributed by atoms with Crippen LogP contribution in [0.3, 0.4) is 0 Å². The monoisotopic (exact) mass is 427 g/mol. The molecule has 0 unspecified atom stereocenters. The third-order valence-electron chi connectivity index (χ3n) is 5.67. The van der Waals surface area contributed by atoms with Gasteiger partial charge in [0.05, 0.1) is 27.4 Å². The lowest BCUT2D eigenvalue weighted by molar-refractivity contribution is 0.0746. The molecular formula is C22H29N5O4. The molecule has 3 heterocycles. The van der Waals surface area contributed by atoms with Crippen molar-refractivity contribution in [3.05, 3.63) is 35.7 Å². The van der Waals surface area contributed by atoms with E-state index in [2.05, 4.69) is 19.8 Å². The highest BCUT2D eigenvalue weighted by Crippen LogP contribution is 2.28. The average Bonchev–Trinajstić information content (AvgIpc) is 2.83. The van der Waals surface area contributed by atoms with E-state index in [4.69, 9.17) is 14.2 Å². The Kier molecular flexibility index (Phi) is 6.41. The van der Waals surface area contributed by atoms with Crippen LogP contribution in [0.4, 0.5) is 11.6 Å². The van der Waals surface area contributed by atoms with E-state index in [1.54, 1.807) is 32.4 Å². The van der Waals surface area contributed by atoms with Gasteiger partial charge in [0, 0.05) is 50.9 Å². The summed E-state index contributed by atoms with van der Waals surface area (Å²) in [5.41, 5.74) is 0.596. The van der Waals surface area contributed by atoms with Gasteiger partial charge in [-0.05, 0) is 25.1 Å². The van der Waals surface area contributed by atoms with Crippen molar-refractivity contribution in [1.82, 2.24) is 14.9 Å². The SMILES string of the molecule is COc1ccc(C(=O)N2CCN(c3cc(N4CCOCC4)nc(C)n3)CC2)cc1OC. The number of ether oxygens (including phenoxy) is 3. The zero-order valence-electron chi connectivity index (χ0n) is 18.3. The molecular weight excluding hydrogens is 398 g/mol. The molecule has 0 spiro atoms. The first kappa shape index (κ1) is 21.2. The molecule has 1 aromatic carbocycles. The fourth-order valence-corrected chi connectivity index (χ4v) is 3.94. The molecule has 2 saturated heterocycles. The molecule has 9 nitrogen and oxygen atoms in total. The Hall–Kier alpha value is -3.07. The Labute approximate surface area is 182 Å². The fraction of sp³-hybridized carbons (Fsp3) is 0.500. The minimum Gasteiger partial charge on any atom is -0.493 e. The lowest BCUT2D eigenvalue weighted by Crippen LogP contribution is -2.49. The van der Waals surface area contributed by atoms with E-state index in [1.165, 1.54) is 0 Å². The molecule has 166 valence electrons. The molecule has 1 amide bonds. The highest BCUT2D eigenvalue weighted by atomic mass is 16.5. The molecule has 0 N–H and O–H groups in total. The number of benzene rings is 1. The Morgan fingerprint density at radius 3 is 2.10 bits per heavy atom. The van der Waals surface area contributed by atoms with Crippen molar-refractivity contribution in [2.45, 2.75) is 6.92 Å². The first-order valence-corrected chi connectivity index (χ1v) is 10.5. The van der Waals surface area contributed by atoms with Crippen molar-refractivity contribution in [2.24, 2.45) is 0 Å². The molecule has 2 aromatic rings. The summed E-state index contributed by atoms with van der Waals surface area (Å²) in [5, 5.41) is 0. The lowest BCUT2D eigenvalue weighted by Gasteiger charge is -2.36. The summed E-state index contributed by atoms with van der Waals surface area (Å²) in [4.78, 5) is 28.6. The number of methoxy groups -OCH3 is 2. The smallest absolute Gasteiger partial charge is 0.254 e. The van der Waals surface area contributed by atoms with E-state index >= 15 is 0 Å². The van der Waals surface area contributed by atoms with E-state index in [0.717, 1.165) is 56.9 Å². The van der Waals surface area contributed by atoms with Gasteiger partial charge in [-0.3, -0.25) is 4.79 Å². The number of piperazine rings is 1. The third-order valence-corrected chi connectivity index (χ3v) is 5.67. The van der Waals surface area contributed by atoms with Crippen LogP contribution in [0.1, 0.15) is 16.2 Å². The second kappa shape index (κ2) is 9.38. The predicted molar refractivity (Wildman–Crippen MR) is 117 cm³/mol. The quantitative estimate of drug-likeness (QED) is 0.712. The summed E-state index contributed by atoms with van der Waals surface area (Å²) in [7, 11) is 3.15. The summed E-state index contributed by atoms with van der Waals surface area (Å²) in [5.74, 6) is 3.76. The van der Waals surface area contributed by atoms with E-state index in [1.807, 2.05) is 17.9 Å². The van der Waals surface area contributed by atoms with Gasteiger partial charge in [-0.15, -0.1) is 0 Å². The number of carbonyl (C=O) groups excluding carboxylic acids is 1. The molecule has 0 bridgehead atoms. The molecule has 2 aliphatic rings. The second-order valence-electron chi connectivity index (χ2n) is 7.58. The van der Waals surface area contributed by atoms with Crippen LogP contribution in [0.2, 0.25) is 0 Å². The minimum atomic E-state index is -0.00604. The van der Waals surface area contributed by atoms with E-state index in [0.29, 0.717) is 30.2 Å². The number of amides is 1. The van der Waals surface area contributed by atoms with E-state index in [9.17, 15) is 4.79 Å². The molecule has 2 fully saturated rings. The van der Waals surface area contributed by atoms with Crippen molar-refractivity contribution in [1.29, 1.82) is 0 Å². The largest absolute Gasteiger partial charge is 0.493 e. The third kappa shape index (κ3) is 4.66. The van der Waals surface area contributed by atoms with E-state index in [-0.39, 0.29) is 5.91 Å². The van der Waals surface area contributed by atoms with E-state index < -0.39 is 0 Å². The molecule has 2 aliphatic heterocycles. The molecule has 4 rings (SSSR count). The molecule has 0 radical (unpaired) electrons. The molecule has 9 heteroatoms. The van der Waals surface area contributed by atoms with Gasteiger partial charge in [-0.2, -0.15) is 0 Å². The van der Waals surface area contributed by atoms with Crippen molar-refractivity contribution in [3.63, 3.8) is 0 Å². The van der Waals surface area contributed by atoms with Crippen molar-refractivity contribution >= 4 is 17.5 Å². The van der Waals surface area contributed by atoms with Crippen LogP contribution in [0.5, 0.6) is 11.5 Å². The first-order chi connectivity index (χ1) is 15.1. The second-order valence-corrected chi connectivity index (χ2v) is 7.58. The maximum Gasteiger partial charge on any atom is 0.254 e. The number of aryl methyl sites for hydroxylation is 1. The number of aromatic nitrogens is 2. The number of hydrogen-bond acceptors (Lipinski definition) is 8. The maximum atomic E-state index is 13.0.